The molecule has 2 aromatic carbocycles. The summed E-state index contributed by atoms with van der Waals surface area (Å²) in [5.41, 5.74) is 4.57. The molecular weight excluding hydrogens is 288 g/mol. The van der Waals surface area contributed by atoms with Gasteiger partial charge in [-0.3, -0.25) is 0 Å². The number of rotatable bonds is 1. The summed E-state index contributed by atoms with van der Waals surface area (Å²) in [6.07, 6.45) is 0. The van der Waals surface area contributed by atoms with Gasteiger partial charge in [0, 0.05) is 17.1 Å². The number of hydrogen-bond acceptors (Lipinski definition) is 1. The van der Waals surface area contributed by atoms with Gasteiger partial charge in [0.1, 0.15) is 5.82 Å². The van der Waals surface area contributed by atoms with Crippen molar-refractivity contribution in [3.63, 3.8) is 0 Å². The summed E-state index contributed by atoms with van der Waals surface area (Å²) in [6.45, 7) is 2.10. The van der Waals surface area contributed by atoms with E-state index in [1.54, 1.807) is 0 Å². The number of benzene rings is 2. The van der Waals surface area contributed by atoms with E-state index in [4.69, 9.17) is 4.98 Å². The molecule has 3 heteroatoms. The first kappa shape index (κ1) is 11.5. The van der Waals surface area contributed by atoms with Gasteiger partial charge in [0.2, 0.25) is 0 Å². The third kappa shape index (κ3) is 1.85. The minimum Gasteiger partial charge on any atom is -0.327 e. The highest BCUT2D eigenvalue weighted by Crippen LogP contribution is 2.26. The third-order valence-corrected chi connectivity index (χ3v) is 3.61. The van der Waals surface area contributed by atoms with Gasteiger partial charge >= 0.3 is 0 Å². The van der Waals surface area contributed by atoms with E-state index in [1.807, 2.05) is 6.07 Å². The van der Waals surface area contributed by atoms with Gasteiger partial charge in [-0.15, -0.1) is 0 Å². The fourth-order valence-corrected chi connectivity index (χ4v) is 2.56. The van der Waals surface area contributed by atoms with Crippen molar-refractivity contribution >= 4 is 27.0 Å². The van der Waals surface area contributed by atoms with Crippen LogP contribution < -0.4 is 0 Å². The van der Waals surface area contributed by atoms with Crippen LogP contribution in [0.15, 0.2) is 46.9 Å². The zero-order valence-corrected chi connectivity index (χ0v) is 11.9. The maximum Gasteiger partial charge on any atom is 0.140 e. The Hall–Kier alpha value is -1.61. The van der Waals surface area contributed by atoms with E-state index < -0.39 is 0 Å². The second kappa shape index (κ2) is 4.25. The fourth-order valence-electron chi connectivity index (χ4n) is 2.22. The lowest BCUT2D eigenvalue weighted by Crippen LogP contribution is -1.92. The molecule has 1 heterocycles. The van der Waals surface area contributed by atoms with Crippen LogP contribution in [0.3, 0.4) is 0 Å². The molecule has 0 saturated heterocycles. The SMILES string of the molecule is Cc1cccc(-c2nc3cc(Br)ccc3n2C)c1. The van der Waals surface area contributed by atoms with Gasteiger partial charge < -0.3 is 4.57 Å². The van der Waals surface area contributed by atoms with Crippen LogP contribution in [0.1, 0.15) is 5.56 Å². The third-order valence-electron chi connectivity index (χ3n) is 3.12. The minimum absolute atomic E-state index is 1.01. The number of fused-ring (bicyclic) bond motifs is 1. The molecule has 0 aliphatic carbocycles. The monoisotopic (exact) mass is 300 g/mol. The Morgan fingerprint density at radius 1 is 1.11 bits per heavy atom. The molecule has 0 saturated carbocycles. The average Bonchev–Trinajstić information content (AvgIpc) is 2.66. The van der Waals surface area contributed by atoms with E-state index in [2.05, 4.69) is 70.9 Å². The van der Waals surface area contributed by atoms with Crippen molar-refractivity contribution in [1.29, 1.82) is 0 Å². The molecule has 18 heavy (non-hydrogen) atoms. The maximum absolute atomic E-state index is 4.72. The van der Waals surface area contributed by atoms with Gasteiger partial charge in [0.25, 0.3) is 0 Å². The van der Waals surface area contributed by atoms with Crippen LogP contribution in [-0.4, -0.2) is 9.55 Å². The first-order valence-corrected chi connectivity index (χ1v) is 6.63. The number of nitrogens with zero attached hydrogens (tertiary/aromatic N) is 2. The molecule has 1 aromatic heterocycles. The molecule has 0 aliphatic heterocycles. The second-order valence-corrected chi connectivity index (χ2v) is 5.41. The Bertz CT molecular complexity index is 728. The highest BCUT2D eigenvalue weighted by molar-refractivity contribution is 9.10. The second-order valence-electron chi connectivity index (χ2n) is 4.50. The zero-order chi connectivity index (χ0) is 12.7. The van der Waals surface area contributed by atoms with Crippen LogP contribution >= 0.6 is 15.9 Å². The largest absolute Gasteiger partial charge is 0.327 e. The van der Waals surface area contributed by atoms with Gasteiger partial charge in [-0.25, -0.2) is 4.98 Å². The molecular formula is C15H13BrN2. The van der Waals surface area contributed by atoms with E-state index in [1.165, 1.54) is 5.56 Å². The lowest BCUT2D eigenvalue weighted by atomic mass is 10.1. The van der Waals surface area contributed by atoms with Crippen molar-refractivity contribution < 1.29 is 0 Å². The molecule has 0 bridgehead atoms. The van der Waals surface area contributed by atoms with E-state index in [9.17, 15) is 0 Å². The predicted octanol–water partition coefficient (Wildman–Crippen LogP) is 4.31. The topological polar surface area (TPSA) is 17.8 Å². The van der Waals surface area contributed by atoms with Crippen molar-refractivity contribution in [3.05, 3.63) is 52.5 Å². The van der Waals surface area contributed by atoms with Gasteiger partial charge in [0.15, 0.2) is 0 Å². The Morgan fingerprint density at radius 2 is 1.94 bits per heavy atom. The quantitative estimate of drug-likeness (QED) is 0.655. The number of aryl methyl sites for hydroxylation is 2. The molecule has 0 unspecified atom stereocenters. The Kier molecular flexibility index (Phi) is 2.71. The summed E-state index contributed by atoms with van der Waals surface area (Å²) in [4.78, 5) is 4.72. The first-order chi connectivity index (χ1) is 8.65. The van der Waals surface area contributed by atoms with Crippen LogP contribution in [0, 0.1) is 6.92 Å². The van der Waals surface area contributed by atoms with Crippen molar-refractivity contribution in [3.8, 4) is 11.4 Å². The molecule has 0 N–H and O–H groups in total. The van der Waals surface area contributed by atoms with Gasteiger partial charge in [-0.2, -0.15) is 0 Å². The molecule has 3 aromatic rings. The standard InChI is InChI=1S/C15H13BrN2/c1-10-4-3-5-11(8-10)15-17-13-9-12(16)6-7-14(13)18(15)2/h3-9H,1-2H3. The highest BCUT2D eigenvalue weighted by atomic mass is 79.9. The van der Waals surface area contributed by atoms with Gasteiger partial charge in [-0.1, -0.05) is 39.7 Å². The number of halogens is 1. The smallest absolute Gasteiger partial charge is 0.140 e. The van der Waals surface area contributed by atoms with Crippen molar-refractivity contribution in [2.24, 2.45) is 7.05 Å². The van der Waals surface area contributed by atoms with Crippen LogP contribution in [0.4, 0.5) is 0 Å². The van der Waals surface area contributed by atoms with Crippen LogP contribution in [-0.2, 0) is 7.05 Å². The lowest BCUT2D eigenvalue weighted by Gasteiger charge is -2.03. The summed E-state index contributed by atoms with van der Waals surface area (Å²) in [7, 11) is 2.06. The number of hydrogen-bond donors (Lipinski definition) is 0. The van der Waals surface area contributed by atoms with E-state index >= 15 is 0 Å². The molecule has 3 rings (SSSR count). The zero-order valence-electron chi connectivity index (χ0n) is 10.3. The predicted molar refractivity (Wildman–Crippen MR) is 78.6 cm³/mol. The molecule has 0 radical (unpaired) electrons. The highest BCUT2D eigenvalue weighted by Gasteiger charge is 2.09. The van der Waals surface area contributed by atoms with Crippen molar-refractivity contribution in [2.75, 3.05) is 0 Å². The molecule has 0 aliphatic rings. The molecule has 90 valence electrons. The molecule has 0 fully saturated rings. The summed E-state index contributed by atoms with van der Waals surface area (Å²) < 4.78 is 3.19. The molecule has 0 spiro atoms. The molecule has 0 atom stereocenters. The Balaban J connectivity index is 2.27. The molecule has 0 amide bonds. The Morgan fingerprint density at radius 3 is 2.72 bits per heavy atom. The summed E-state index contributed by atoms with van der Waals surface area (Å²) in [5.74, 6) is 1.01. The van der Waals surface area contributed by atoms with E-state index in [-0.39, 0.29) is 0 Å². The summed E-state index contributed by atoms with van der Waals surface area (Å²) in [5, 5.41) is 0. The lowest BCUT2D eigenvalue weighted by molar-refractivity contribution is 0.959. The van der Waals surface area contributed by atoms with Crippen LogP contribution in [0.5, 0.6) is 0 Å². The number of imidazole rings is 1. The maximum atomic E-state index is 4.72. The number of aromatic nitrogens is 2. The van der Waals surface area contributed by atoms with Crippen LogP contribution in [0.25, 0.3) is 22.4 Å². The van der Waals surface area contributed by atoms with Crippen molar-refractivity contribution in [1.82, 2.24) is 9.55 Å². The first-order valence-electron chi connectivity index (χ1n) is 5.84. The fraction of sp³-hybridized carbons (Fsp3) is 0.133. The average molecular weight is 301 g/mol. The van der Waals surface area contributed by atoms with Gasteiger partial charge in [0.05, 0.1) is 11.0 Å². The Labute approximate surface area is 114 Å². The van der Waals surface area contributed by atoms with E-state index in [0.717, 1.165) is 26.9 Å². The van der Waals surface area contributed by atoms with Gasteiger partial charge in [-0.05, 0) is 31.2 Å². The minimum atomic E-state index is 1.01. The van der Waals surface area contributed by atoms with E-state index in [0.29, 0.717) is 0 Å². The summed E-state index contributed by atoms with van der Waals surface area (Å²) >= 11 is 3.48. The van der Waals surface area contributed by atoms with Crippen LogP contribution in [0.2, 0.25) is 0 Å². The molecule has 2 nitrogen and oxygen atoms in total. The van der Waals surface area contributed by atoms with Crippen molar-refractivity contribution in [2.45, 2.75) is 6.92 Å². The summed E-state index contributed by atoms with van der Waals surface area (Å²) in [6, 6.07) is 14.6. The normalized spacial score (nSPS) is 11.1.